The summed E-state index contributed by atoms with van der Waals surface area (Å²) < 4.78 is 5.96. The Kier molecular flexibility index (Phi) is 19.3. The standard InChI is InChI=1S/C18H21OP3.C18H21P3.C15H14P2.C2H6/c20-10-12(11-21)9-19-15-3-5-17-13(7-15)1-2-14-8-16(22)4-6-18(14)17;19-10-13(11-20)7-12-1-5-17-14(8-12)2-3-15-9-16(21)4-6-18(15)17;16-9-10-1-5-14-11(7-10)2-3-12-8-13(17)4-6-15(12)14;1-2/h1-8,12H,9-11,20-22H2;1-6,8-9,13H,7,10-11,19-21H2;1-8H,9,16-17H2;1-2H3. The summed E-state index contributed by atoms with van der Waals surface area (Å²) in [4.78, 5) is 0. The Morgan fingerprint density at radius 3 is 1.11 bits per heavy atom. The van der Waals surface area contributed by atoms with E-state index in [1.807, 2.05) is 13.8 Å². The molecule has 0 saturated heterocycles. The molecule has 0 radical (unpaired) electrons. The Morgan fingerprint density at radius 1 is 0.371 bits per heavy atom. The van der Waals surface area contributed by atoms with E-state index in [-0.39, 0.29) is 0 Å². The van der Waals surface area contributed by atoms with E-state index in [1.165, 1.54) is 91.7 Å². The van der Waals surface area contributed by atoms with Gasteiger partial charge < -0.3 is 4.74 Å². The lowest BCUT2D eigenvalue weighted by Gasteiger charge is -2.14. The van der Waals surface area contributed by atoms with Crippen molar-refractivity contribution in [1.82, 2.24) is 0 Å². The highest BCUT2D eigenvalue weighted by molar-refractivity contribution is 7.27. The van der Waals surface area contributed by atoms with E-state index in [2.05, 4.69) is 220 Å². The lowest BCUT2D eigenvalue weighted by molar-refractivity contribution is 0.276. The maximum absolute atomic E-state index is 5.96. The molecule has 9 aromatic rings. The molecular weight excluding hydrogens is 900 g/mol. The van der Waals surface area contributed by atoms with Crippen LogP contribution in [-0.2, 0) is 12.6 Å². The van der Waals surface area contributed by atoms with Gasteiger partial charge in [-0.05, 0) is 171 Å². The molecule has 0 aliphatic rings. The number of rotatable bonds is 10. The molecule has 0 heterocycles. The van der Waals surface area contributed by atoms with Gasteiger partial charge in [0.05, 0.1) is 6.61 Å². The molecule has 0 fully saturated rings. The second-order valence-electron chi connectivity index (χ2n) is 15.5. The minimum absolute atomic E-state index is 0.572. The van der Waals surface area contributed by atoms with E-state index in [9.17, 15) is 0 Å². The topological polar surface area (TPSA) is 9.23 Å². The van der Waals surface area contributed by atoms with Crippen LogP contribution in [-0.4, -0.2) is 31.3 Å². The molecule has 1 nitrogen and oxygen atoms in total. The van der Waals surface area contributed by atoms with Gasteiger partial charge in [0.25, 0.3) is 0 Å². The first-order valence-electron chi connectivity index (χ1n) is 21.5. The molecule has 0 N–H and O–H groups in total. The van der Waals surface area contributed by atoms with Crippen LogP contribution in [0.3, 0.4) is 0 Å². The van der Waals surface area contributed by atoms with Crippen LogP contribution in [0, 0.1) is 11.8 Å². The van der Waals surface area contributed by atoms with Gasteiger partial charge in [-0.2, -0.15) is 0 Å². The van der Waals surface area contributed by atoms with E-state index in [0.717, 1.165) is 55.5 Å². The van der Waals surface area contributed by atoms with Crippen molar-refractivity contribution in [3.63, 3.8) is 0 Å². The summed E-state index contributed by atoms with van der Waals surface area (Å²) >= 11 is 0. The number of fused-ring (bicyclic) bond motifs is 9. The maximum Gasteiger partial charge on any atom is 0.119 e. The highest BCUT2D eigenvalue weighted by Gasteiger charge is 2.09. The van der Waals surface area contributed by atoms with Crippen LogP contribution < -0.4 is 20.7 Å². The number of hydrogen-bond donors (Lipinski definition) is 0. The van der Waals surface area contributed by atoms with Crippen LogP contribution in [0.2, 0.25) is 0 Å². The van der Waals surface area contributed by atoms with Crippen molar-refractivity contribution in [2.24, 2.45) is 11.8 Å². The zero-order valence-electron chi connectivity index (χ0n) is 36.0. The summed E-state index contributed by atoms with van der Waals surface area (Å²) in [7, 11) is 22.4. The van der Waals surface area contributed by atoms with E-state index in [0.29, 0.717) is 5.92 Å². The van der Waals surface area contributed by atoms with Crippen LogP contribution in [0.1, 0.15) is 25.0 Å². The van der Waals surface area contributed by atoms with Crippen molar-refractivity contribution in [2.75, 3.05) is 31.3 Å². The SMILES string of the molecule is CC.PCC(CP)COc1ccc2c(ccc3cc(P)ccc32)c1.PCC(CP)Cc1ccc2c(ccc3cc(P)ccc32)c1.PCc1ccc2c(ccc3cc(P)ccc32)c1. The summed E-state index contributed by atoms with van der Waals surface area (Å²) in [5.74, 6) is 2.26. The third-order valence-corrected chi connectivity index (χ3v) is 15.5. The van der Waals surface area contributed by atoms with E-state index < -0.39 is 0 Å². The summed E-state index contributed by atoms with van der Waals surface area (Å²) in [6.45, 7) is 4.77. The minimum atomic E-state index is 0.572. The van der Waals surface area contributed by atoms with Crippen molar-refractivity contribution in [2.45, 2.75) is 26.4 Å². The Labute approximate surface area is 388 Å². The average molecular weight is 963 g/mol. The molecule has 0 aliphatic carbocycles. The number of ether oxygens (including phenoxy) is 1. The lowest BCUT2D eigenvalue weighted by atomic mass is 9.96. The molecule has 0 aliphatic heterocycles. The summed E-state index contributed by atoms with van der Waals surface area (Å²) in [6, 6.07) is 53.1. The van der Waals surface area contributed by atoms with Gasteiger partial charge in [0.15, 0.2) is 0 Å². The van der Waals surface area contributed by atoms with Crippen molar-refractivity contribution in [1.29, 1.82) is 0 Å². The fourth-order valence-electron chi connectivity index (χ4n) is 7.73. The summed E-state index contributed by atoms with van der Waals surface area (Å²) in [5, 5.41) is 19.5. The zero-order valence-corrected chi connectivity index (χ0v) is 45.2. The zero-order chi connectivity index (χ0) is 44.2. The second kappa shape index (κ2) is 24.3. The molecule has 8 unspecified atom stereocenters. The van der Waals surface area contributed by atoms with Crippen molar-refractivity contribution in [3.8, 4) is 5.75 Å². The van der Waals surface area contributed by atoms with E-state index >= 15 is 0 Å². The Bertz CT molecular complexity index is 2910. The monoisotopic (exact) mass is 962 g/mol. The van der Waals surface area contributed by atoms with E-state index in [1.54, 1.807) is 0 Å². The molecule has 9 rings (SSSR count). The largest absolute Gasteiger partial charge is 0.493 e. The molecule has 0 bridgehead atoms. The Balaban J connectivity index is 0.000000153. The van der Waals surface area contributed by atoms with Gasteiger partial charge in [-0.1, -0.05) is 129 Å². The maximum atomic E-state index is 5.96. The van der Waals surface area contributed by atoms with Crippen LogP contribution in [0.15, 0.2) is 146 Å². The van der Waals surface area contributed by atoms with Gasteiger partial charge in [-0.15, -0.1) is 73.9 Å². The molecule has 0 amide bonds. The quantitative estimate of drug-likeness (QED) is 0.0980. The molecule has 9 aromatic carbocycles. The van der Waals surface area contributed by atoms with Crippen LogP contribution in [0.5, 0.6) is 5.75 Å². The first-order valence-corrected chi connectivity index (χ1v) is 27.3. The van der Waals surface area contributed by atoms with Crippen molar-refractivity contribution in [3.05, 3.63) is 157 Å². The van der Waals surface area contributed by atoms with Gasteiger partial charge in [0.1, 0.15) is 5.75 Å². The van der Waals surface area contributed by atoms with E-state index in [4.69, 9.17) is 4.74 Å². The first-order chi connectivity index (χ1) is 30.2. The predicted octanol–water partition coefficient (Wildman–Crippen LogP) is 13.5. The normalized spacial score (nSPS) is 11.2. The first kappa shape index (κ1) is 49.2. The van der Waals surface area contributed by atoms with Gasteiger partial charge in [-0.3, -0.25) is 0 Å². The summed E-state index contributed by atoms with van der Waals surface area (Å²) in [5.41, 5.74) is 2.81. The van der Waals surface area contributed by atoms with Crippen LogP contribution >= 0.6 is 73.9 Å². The van der Waals surface area contributed by atoms with Gasteiger partial charge in [-0.25, -0.2) is 0 Å². The molecule has 0 saturated carbocycles. The van der Waals surface area contributed by atoms with Gasteiger partial charge >= 0.3 is 0 Å². The third-order valence-electron chi connectivity index (χ3n) is 11.3. The Morgan fingerprint density at radius 2 is 0.710 bits per heavy atom. The second-order valence-corrected chi connectivity index (χ2v) is 19.8. The highest BCUT2D eigenvalue weighted by atomic mass is 31.0. The van der Waals surface area contributed by atoms with Gasteiger partial charge in [0.2, 0.25) is 0 Å². The molecule has 8 atom stereocenters. The molecule has 320 valence electrons. The average Bonchev–Trinajstić information content (AvgIpc) is 3.31. The lowest BCUT2D eigenvalue weighted by Crippen LogP contribution is -2.14. The molecule has 62 heavy (non-hydrogen) atoms. The molecule has 0 aromatic heterocycles. The fourth-order valence-corrected chi connectivity index (χ4v) is 11.0. The smallest absolute Gasteiger partial charge is 0.119 e. The third kappa shape index (κ3) is 12.6. The number of hydrogen-bond acceptors (Lipinski definition) is 1. The highest BCUT2D eigenvalue weighted by Crippen LogP contribution is 2.30. The van der Waals surface area contributed by atoms with Crippen LogP contribution in [0.4, 0.5) is 0 Å². The van der Waals surface area contributed by atoms with Gasteiger partial charge in [0, 0.05) is 0 Å². The number of benzene rings is 9. The summed E-state index contributed by atoms with van der Waals surface area (Å²) in [6.07, 6.45) is 6.63. The van der Waals surface area contributed by atoms with Crippen LogP contribution in [0.25, 0.3) is 64.6 Å². The molecule has 0 spiro atoms. The molecule has 9 heteroatoms. The Hall–Kier alpha value is -2.22. The van der Waals surface area contributed by atoms with Crippen molar-refractivity contribution >= 4 is 154 Å². The van der Waals surface area contributed by atoms with Crippen molar-refractivity contribution < 1.29 is 4.74 Å². The molecular formula is C53H62OP8. The fraction of sp³-hybridized carbons (Fsp3) is 0.208. The minimum Gasteiger partial charge on any atom is -0.493 e. The predicted molar refractivity (Wildman–Crippen MR) is 312 cm³/mol.